The van der Waals surface area contributed by atoms with E-state index in [1.807, 2.05) is 19.1 Å². The average Bonchev–Trinajstić information content (AvgIpc) is 2.26. The predicted octanol–water partition coefficient (Wildman–Crippen LogP) is 0.137. The van der Waals surface area contributed by atoms with Crippen LogP contribution in [-0.2, 0) is 4.79 Å². The van der Waals surface area contributed by atoms with Gasteiger partial charge in [0.2, 0.25) is 0 Å². The van der Waals surface area contributed by atoms with E-state index < -0.39 is 12.0 Å². The van der Waals surface area contributed by atoms with Crippen LogP contribution in [-0.4, -0.2) is 29.6 Å². The molecule has 1 aromatic rings. The van der Waals surface area contributed by atoms with Gasteiger partial charge in [0, 0.05) is 12.1 Å². The van der Waals surface area contributed by atoms with Crippen LogP contribution in [0.4, 0.5) is 0 Å². The van der Waals surface area contributed by atoms with Gasteiger partial charge in [0.15, 0.2) is 0 Å². The highest BCUT2D eigenvalue weighted by molar-refractivity contribution is 5.94. The van der Waals surface area contributed by atoms with Crippen LogP contribution in [0.25, 0.3) is 0 Å². The van der Waals surface area contributed by atoms with Gasteiger partial charge in [0.05, 0.1) is 0 Å². The minimum atomic E-state index is -1.13. The highest BCUT2D eigenvalue weighted by Crippen LogP contribution is 2.02. The molecule has 0 saturated carbocycles. The molecule has 0 spiro atoms. The third-order valence-corrected chi connectivity index (χ3v) is 2.11. The first-order valence-corrected chi connectivity index (χ1v) is 4.84. The largest absolute Gasteiger partial charge is 0.480 e. The van der Waals surface area contributed by atoms with E-state index >= 15 is 0 Å². The minimum Gasteiger partial charge on any atom is -0.480 e. The lowest BCUT2D eigenvalue weighted by atomic mass is 10.1. The van der Waals surface area contributed by atoms with Gasteiger partial charge in [0.1, 0.15) is 6.04 Å². The second-order valence-corrected chi connectivity index (χ2v) is 3.52. The summed E-state index contributed by atoms with van der Waals surface area (Å²) in [5.41, 5.74) is 6.80. The van der Waals surface area contributed by atoms with Crippen LogP contribution >= 0.6 is 0 Å². The van der Waals surface area contributed by atoms with Crippen molar-refractivity contribution in [3.63, 3.8) is 0 Å². The number of carboxylic acid groups (broad SMARTS) is 1. The van der Waals surface area contributed by atoms with Gasteiger partial charge in [-0.2, -0.15) is 0 Å². The van der Waals surface area contributed by atoms with Crippen molar-refractivity contribution in [1.29, 1.82) is 0 Å². The summed E-state index contributed by atoms with van der Waals surface area (Å²) < 4.78 is 0. The Balaban J connectivity index is 2.53. The van der Waals surface area contributed by atoms with Crippen molar-refractivity contribution in [2.75, 3.05) is 6.54 Å². The molecule has 0 fully saturated rings. The van der Waals surface area contributed by atoms with Crippen LogP contribution in [0.1, 0.15) is 15.9 Å². The van der Waals surface area contributed by atoms with E-state index in [0.29, 0.717) is 5.56 Å². The number of aryl methyl sites for hydroxylation is 1. The summed E-state index contributed by atoms with van der Waals surface area (Å²) in [7, 11) is 0. The van der Waals surface area contributed by atoms with Crippen LogP contribution in [0.5, 0.6) is 0 Å². The van der Waals surface area contributed by atoms with Crippen molar-refractivity contribution >= 4 is 11.9 Å². The standard InChI is InChI=1S/C11H14N2O3/c1-7-2-4-8(5-3-7)10(14)13-6-9(12)11(15)16/h2-5,9H,6,12H2,1H3,(H,13,14)(H,15,16)/t9-/m0/s1. The Bertz CT molecular complexity index is 387. The number of carboxylic acids is 1. The van der Waals surface area contributed by atoms with Gasteiger partial charge in [-0.3, -0.25) is 9.59 Å². The molecular formula is C11H14N2O3. The number of nitrogens with two attached hydrogens (primary N) is 1. The number of rotatable bonds is 4. The van der Waals surface area contributed by atoms with E-state index in [2.05, 4.69) is 5.32 Å². The molecule has 0 aliphatic heterocycles. The fourth-order valence-corrected chi connectivity index (χ4v) is 1.10. The molecule has 0 unspecified atom stereocenters. The Hall–Kier alpha value is -1.88. The maximum Gasteiger partial charge on any atom is 0.322 e. The third-order valence-electron chi connectivity index (χ3n) is 2.11. The minimum absolute atomic E-state index is 0.0813. The molecule has 0 aliphatic rings. The summed E-state index contributed by atoms with van der Waals surface area (Å²) in [6, 6.07) is 5.90. The van der Waals surface area contributed by atoms with E-state index in [1.165, 1.54) is 0 Å². The molecule has 0 heterocycles. The zero-order valence-electron chi connectivity index (χ0n) is 8.93. The number of hydrogen-bond acceptors (Lipinski definition) is 3. The molecule has 0 aromatic heterocycles. The molecule has 1 atom stereocenters. The van der Waals surface area contributed by atoms with Crippen LogP contribution in [0.3, 0.4) is 0 Å². The van der Waals surface area contributed by atoms with Gasteiger partial charge < -0.3 is 16.2 Å². The number of benzene rings is 1. The molecule has 16 heavy (non-hydrogen) atoms. The molecule has 0 aliphatic carbocycles. The molecule has 5 nitrogen and oxygen atoms in total. The van der Waals surface area contributed by atoms with Crippen molar-refractivity contribution in [3.05, 3.63) is 35.4 Å². The lowest BCUT2D eigenvalue weighted by molar-refractivity contribution is -0.138. The SMILES string of the molecule is Cc1ccc(C(=O)NC[C@H](N)C(=O)O)cc1. The fourth-order valence-electron chi connectivity index (χ4n) is 1.10. The first kappa shape index (κ1) is 12.2. The second kappa shape index (κ2) is 5.27. The summed E-state index contributed by atoms with van der Waals surface area (Å²) in [5, 5.41) is 11.0. The quantitative estimate of drug-likeness (QED) is 0.675. The maximum atomic E-state index is 11.5. The maximum absolute atomic E-state index is 11.5. The van der Waals surface area contributed by atoms with E-state index in [-0.39, 0.29) is 12.5 Å². The third kappa shape index (κ3) is 3.36. The Kier molecular flexibility index (Phi) is 4.02. The second-order valence-electron chi connectivity index (χ2n) is 3.52. The lowest BCUT2D eigenvalue weighted by Gasteiger charge is -2.08. The fraction of sp³-hybridized carbons (Fsp3) is 0.273. The van der Waals surface area contributed by atoms with Gasteiger partial charge in [-0.05, 0) is 19.1 Å². The summed E-state index contributed by atoms with van der Waals surface area (Å²) in [6.45, 7) is 1.84. The van der Waals surface area contributed by atoms with Gasteiger partial charge >= 0.3 is 5.97 Å². The van der Waals surface area contributed by atoms with Crippen LogP contribution < -0.4 is 11.1 Å². The number of aliphatic carboxylic acids is 1. The first-order valence-electron chi connectivity index (χ1n) is 4.84. The van der Waals surface area contributed by atoms with Crippen molar-refractivity contribution < 1.29 is 14.7 Å². The highest BCUT2D eigenvalue weighted by Gasteiger charge is 2.13. The Morgan fingerprint density at radius 3 is 2.44 bits per heavy atom. The summed E-state index contributed by atoms with van der Waals surface area (Å²) in [6.07, 6.45) is 0. The van der Waals surface area contributed by atoms with Gasteiger partial charge in [0.25, 0.3) is 5.91 Å². The van der Waals surface area contributed by atoms with E-state index in [0.717, 1.165) is 5.56 Å². The van der Waals surface area contributed by atoms with E-state index in [9.17, 15) is 9.59 Å². The Morgan fingerprint density at radius 2 is 1.94 bits per heavy atom. The van der Waals surface area contributed by atoms with Crippen LogP contribution in [0, 0.1) is 6.92 Å². The number of nitrogens with one attached hydrogen (secondary N) is 1. The number of amides is 1. The number of carbonyl (C=O) groups is 2. The monoisotopic (exact) mass is 222 g/mol. The Labute approximate surface area is 93.3 Å². The van der Waals surface area contributed by atoms with Gasteiger partial charge in [-0.1, -0.05) is 17.7 Å². The summed E-state index contributed by atoms with van der Waals surface area (Å²) in [4.78, 5) is 21.9. The molecule has 4 N–H and O–H groups in total. The molecule has 1 rings (SSSR count). The summed E-state index contributed by atoms with van der Waals surface area (Å²) >= 11 is 0. The topological polar surface area (TPSA) is 92.4 Å². The molecular weight excluding hydrogens is 208 g/mol. The zero-order chi connectivity index (χ0) is 12.1. The van der Waals surface area contributed by atoms with Gasteiger partial charge in [-0.25, -0.2) is 0 Å². The zero-order valence-corrected chi connectivity index (χ0v) is 8.93. The number of hydrogen-bond donors (Lipinski definition) is 3. The Morgan fingerprint density at radius 1 is 1.38 bits per heavy atom. The van der Waals surface area contributed by atoms with E-state index in [1.54, 1.807) is 12.1 Å². The van der Waals surface area contributed by atoms with Crippen molar-refractivity contribution in [2.45, 2.75) is 13.0 Å². The van der Waals surface area contributed by atoms with Crippen LogP contribution in [0.15, 0.2) is 24.3 Å². The molecule has 1 amide bonds. The molecule has 86 valence electrons. The number of carbonyl (C=O) groups excluding carboxylic acids is 1. The van der Waals surface area contributed by atoms with E-state index in [4.69, 9.17) is 10.8 Å². The molecule has 0 radical (unpaired) electrons. The molecule has 1 aromatic carbocycles. The normalized spacial score (nSPS) is 11.9. The van der Waals surface area contributed by atoms with Crippen molar-refractivity contribution in [1.82, 2.24) is 5.32 Å². The van der Waals surface area contributed by atoms with Gasteiger partial charge in [-0.15, -0.1) is 0 Å². The lowest BCUT2D eigenvalue weighted by Crippen LogP contribution is -2.42. The molecule has 5 heteroatoms. The smallest absolute Gasteiger partial charge is 0.322 e. The highest BCUT2D eigenvalue weighted by atomic mass is 16.4. The predicted molar refractivity (Wildman–Crippen MR) is 59.1 cm³/mol. The molecule has 0 saturated heterocycles. The molecule has 0 bridgehead atoms. The average molecular weight is 222 g/mol. The summed E-state index contributed by atoms with van der Waals surface area (Å²) in [5.74, 6) is -1.46. The van der Waals surface area contributed by atoms with Crippen molar-refractivity contribution in [2.24, 2.45) is 5.73 Å². The first-order chi connectivity index (χ1) is 7.50. The van der Waals surface area contributed by atoms with Crippen molar-refractivity contribution in [3.8, 4) is 0 Å². The van der Waals surface area contributed by atoms with Crippen LogP contribution in [0.2, 0.25) is 0 Å².